The summed E-state index contributed by atoms with van der Waals surface area (Å²) in [6.07, 6.45) is 4.39. The number of aldehydes is 1. The van der Waals surface area contributed by atoms with Gasteiger partial charge in [0.05, 0.1) is 23.8 Å². The molecule has 0 unspecified atom stereocenters. The largest absolute Gasteiger partial charge is 0.486 e. The van der Waals surface area contributed by atoms with Crippen LogP contribution in [0.25, 0.3) is 0 Å². The highest BCUT2D eigenvalue weighted by molar-refractivity contribution is 9.10. The van der Waals surface area contributed by atoms with Crippen LogP contribution >= 0.6 is 15.9 Å². The summed E-state index contributed by atoms with van der Waals surface area (Å²) in [7, 11) is 0. The molecule has 2 aromatic rings. The Morgan fingerprint density at radius 2 is 2.20 bits per heavy atom. The SMILES string of the molecule is Cc1cc(Br)cc(C=O)c1OCc1cncn1C(C)C. The molecule has 20 heavy (non-hydrogen) atoms. The van der Waals surface area contributed by atoms with Gasteiger partial charge in [-0.15, -0.1) is 0 Å². The van der Waals surface area contributed by atoms with E-state index in [-0.39, 0.29) is 0 Å². The minimum absolute atomic E-state index is 0.327. The van der Waals surface area contributed by atoms with E-state index in [2.05, 4.69) is 39.3 Å². The third-order valence-corrected chi connectivity index (χ3v) is 3.52. The molecule has 4 nitrogen and oxygen atoms in total. The lowest BCUT2D eigenvalue weighted by atomic mass is 10.1. The smallest absolute Gasteiger partial charge is 0.153 e. The summed E-state index contributed by atoms with van der Waals surface area (Å²) < 4.78 is 8.76. The second-order valence-corrected chi connectivity index (χ2v) is 5.85. The molecule has 0 radical (unpaired) electrons. The number of carbonyl (C=O) groups is 1. The third kappa shape index (κ3) is 3.10. The molecule has 0 aliphatic rings. The van der Waals surface area contributed by atoms with Crippen molar-refractivity contribution in [3.8, 4) is 5.75 Å². The van der Waals surface area contributed by atoms with Crippen molar-refractivity contribution in [2.24, 2.45) is 0 Å². The first-order valence-electron chi connectivity index (χ1n) is 6.41. The lowest BCUT2D eigenvalue weighted by Gasteiger charge is -2.15. The van der Waals surface area contributed by atoms with Gasteiger partial charge in [0.15, 0.2) is 6.29 Å². The van der Waals surface area contributed by atoms with Gasteiger partial charge in [0, 0.05) is 10.5 Å². The fraction of sp³-hybridized carbons (Fsp3) is 0.333. The zero-order chi connectivity index (χ0) is 14.7. The number of ether oxygens (including phenoxy) is 1. The Morgan fingerprint density at radius 1 is 1.45 bits per heavy atom. The number of rotatable bonds is 5. The first kappa shape index (κ1) is 14.8. The predicted molar refractivity (Wildman–Crippen MR) is 81.2 cm³/mol. The van der Waals surface area contributed by atoms with E-state index >= 15 is 0 Å². The fourth-order valence-electron chi connectivity index (χ4n) is 2.10. The van der Waals surface area contributed by atoms with Crippen LogP contribution < -0.4 is 4.74 Å². The second-order valence-electron chi connectivity index (χ2n) is 4.93. The molecule has 0 saturated carbocycles. The molecule has 0 spiro atoms. The summed E-state index contributed by atoms with van der Waals surface area (Å²) in [6.45, 7) is 6.49. The van der Waals surface area contributed by atoms with E-state index in [4.69, 9.17) is 4.74 Å². The van der Waals surface area contributed by atoms with Gasteiger partial charge in [-0.05, 0) is 38.5 Å². The highest BCUT2D eigenvalue weighted by Gasteiger charge is 2.11. The number of benzene rings is 1. The third-order valence-electron chi connectivity index (χ3n) is 3.06. The molecule has 0 saturated heterocycles. The number of halogens is 1. The number of hydrogen-bond acceptors (Lipinski definition) is 3. The Morgan fingerprint density at radius 3 is 2.85 bits per heavy atom. The molecule has 0 fully saturated rings. The van der Waals surface area contributed by atoms with Crippen LogP contribution in [0.3, 0.4) is 0 Å². The molecule has 0 N–H and O–H groups in total. The molecule has 2 rings (SSSR count). The van der Waals surface area contributed by atoms with Crippen LogP contribution in [0.1, 0.15) is 41.5 Å². The van der Waals surface area contributed by atoms with Crippen LogP contribution in [0.2, 0.25) is 0 Å². The van der Waals surface area contributed by atoms with Gasteiger partial charge in [0.2, 0.25) is 0 Å². The van der Waals surface area contributed by atoms with E-state index in [1.807, 2.05) is 13.0 Å². The van der Waals surface area contributed by atoms with Crippen LogP contribution in [0.5, 0.6) is 5.75 Å². The van der Waals surface area contributed by atoms with E-state index in [1.165, 1.54) is 0 Å². The van der Waals surface area contributed by atoms with Gasteiger partial charge >= 0.3 is 0 Å². The maximum Gasteiger partial charge on any atom is 0.153 e. The summed E-state index contributed by atoms with van der Waals surface area (Å²) >= 11 is 3.38. The molecule has 5 heteroatoms. The molecular formula is C15H17BrN2O2. The minimum atomic E-state index is 0.327. The van der Waals surface area contributed by atoms with Crippen molar-refractivity contribution in [2.75, 3.05) is 0 Å². The van der Waals surface area contributed by atoms with Crippen LogP contribution in [-0.2, 0) is 6.61 Å². The van der Waals surface area contributed by atoms with Crippen LogP contribution in [0.15, 0.2) is 29.1 Å². The zero-order valence-corrected chi connectivity index (χ0v) is 13.3. The van der Waals surface area contributed by atoms with Crippen molar-refractivity contribution in [1.82, 2.24) is 9.55 Å². The van der Waals surface area contributed by atoms with E-state index in [9.17, 15) is 4.79 Å². The monoisotopic (exact) mass is 336 g/mol. The molecule has 1 aromatic heterocycles. The Labute approximate surface area is 126 Å². The summed E-state index contributed by atoms with van der Waals surface area (Å²) in [4.78, 5) is 15.3. The molecule has 0 aliphatic carbocycles. The Bertz CT molecular complexity index is 620. The van der Waals surface area contributed by atoms with Crippen LogP contribution in [0, 0.1) is 6.92 Å². The molecule has 1 heterocycles. The molecule has 0 atom stereocenters. The van der Waals surface area contributed by atoms with E-state index in [0.717, 1.165) is 22.0 Å². The van der Waals surface area contributed by atoms with Crippen molar-refractivity contribution in [3.05, 3.63) is 46.0 Å². The second kappa shape index (κ2) is 6.22. The number of aryl methyl sites for hydroxylation is 1. The van der Waals surface area contributed by atoms with Crippen LogP contribution in [0.4, 0.5) is 0 Å². The number of carbonyl (C=O) groups excluding carboxylic acids is 1. The highest BCUT2D eigenvalue weighted by Crippen LogP contribution is 2.27. The molecule has 106 valence electrons. The number of aromatic nitrogens is 2. The number of hydrogen-bond donors (Lipinski definition) is 0. The average Bonchev–Trinajstić information content (AvgIpc) is 2.85. The molecule has 1 aromatic carbocycles. The zero-order valence-electron chi connectivity index (χ0n) is 11.8. The maximum atomic E-state index is 11.1. The Balaban J connectivity index is 2.23. The topological polar surface area (TPSA) is 44.1 Å². The van der Waals surface area contributed by atoms with Gasteiger partial charge in [-0.3, -0.25) is 4.79 Å². The van der Waals surface area contributed by atoms with Crippen molar-refractivity contribution < 1.29 is 9.53 Å². The Kier molecular flexibility index (Phi) is 4.60. The van der Waals surface area contributed by atoms with Crippen molar-refractivity contribution in [1.29, 1.82) is 0 Å². The molecule has 0 bridgehead atoms. The van der Waals surface area contributed by atoms with Crippen molar-refractivity contribution in [2.45, 2.75) is 33.4 Å². The standard InChI is InChI=1S/C15H17BrN2O2/c1-10(2)18-9-17-6-14(18)8-20-15-11(3)4-13(16)5-12(15)7-19/h4-7,9-10H,8H2,1-3H3. The van der Waals surface area contributed by atoms with Gasteiger partial charge in [-0.1, -0.05) is 15.9 Å². The summed E-state index contributed by atoms with van der Waals surface area (Å²) in [5, 5.41) is 0. The summed E-state index contributed by atoms with van der Waals surface area (Å²) in [5.74, 6) is 0.625. The summed E-state index contributed by atoms with van der Waals surface area (Å²) in [5.41, 5.74) is 2.46. The molecular weight excluding hydrogens is 320 g/mol. The first-order valence-corrected chi connectivity index (χ1v) is 7.21. The lowest BCUT2D eigenvalue weighted by Crippen LogP contribution is -2.08. The first-order chi connectivity index (χ1) is 9.52. The Hall–Kier alpha value is -1.62. The average molecular weight is 337 g/mol. The maximum absolute atomic E-state index is 11.1. The van der Waals surface area contributed by atoms with Gasteiger partial charge in [-0.2, -0.15) is 0 Å². The van der Waals surface area contributed by atoms with Gasteiger partial charge < -0.3 is 9.30 Å². The highest BCUT2D eigenvalue weighted by atomic mass is 79.9. The quantitative estimate of drug-likeness (QED) is 0.777. The van der Waals surface area contributed by atoms with Gasteiger partial charge in [0.1, 0.15) is 12.4 Å². The van der Waals surface area contributed by atoms with Crippen molar-refractivity contribution in [3.63, 3.8) is 0 Å². The fourth-order valence-corrected chi connectivity index (χ4v) is 2.69. The number of nitrogens with zero attached hydrogens (tertiary/aromatic N) is 2. The van der Waals surface area contributed by atoms with Crippen molar-refractivity contribution >= 4 is 22.2 Å². The normalized spacial score (nSPS) is 10.8. The van der Waals surface area contributed by atoms with E-state index in [0.29, 0.717) is 24.0 Å². The van der Waals surface area contributed by atoms with E-state index < -0.39 is 0 Å². The van der Waals surface area contributed by atoms with Gasteiger partial charge in [-0.25, -0.2) is 4.98 Å². The minimum Gasteiger partial charge on any atom is -0.486 e. The van der Waals surface area contributed by atoms with Crippen LogP contribution in [-0.4, -0.2) is 15.8 Å². The summed E-state index contributed by atoms with van der Waals surface area (Å²) in [6, 6.07) is 4.02. The molecule has 0 aliphatic heterocycles. The van der Waals surface area contributed by atoms with E-state index in [1.54, 1.807) is 18.6 Å². The number of imidazole rings is 1. The predicted octanol–water partition coefficient (Wildman–Crippen LogP) is 3.93. The van der Waals surface area contributed by atoms with Gasteiger partial charge in [0.25, 0.3) is 0 Å². The molecule has 0 amide bonds. The lowest BCUT2D eigenvalue weighted by molar-refractivity contribution is 0.111.